The van der Waals surface area contributed by atoms with Gasteiger partial charge in [-0.1, -0.05) is 6.07 Å². The lowest BCUT2D eigenvalue weighted by atomic mass is 10.0. The van der Waals surface area contributed by atoms with Crippen molar-refractivity contribution >= 4 is 10.7 Å². The largest absolute Gasteiger partial charge is 0.227 e. The summed E-state index contributed by atoms with van der Waals surface area (Å²) >= 11 is 0. The predicted octanol–water partition coefficient (Wildman–Crippen LogP) is 1.89. The van der Waals surface area contributed by atoms with E-state index in [9.17, 15) is 8.42 Å². The van der Waals surface area contributed by atoms with Gasteiger partial charge in [-0.3, -0.25) is 0 Å². The molecule has 0 saturated carbocycles. The minimum Gasteiger partial charge on any atom is -0.227 e. The van der Waals surface area contributed by atoms with Crippen molar-refractivity contribution in [2.75, 3.05) is 0 Å². The van der Waals surface area contributed by atoms with E-state index in [4.69, 9.17) is 0 Å². The maximum absolute atomic E-state index is 10.9. The monoisotopic (exact) mass is 198 g/mol. The molecule has 1 aromatic carbocycles. The fourth-order valence-corrected chi connectivity index (χ4v) is 2.35. The maximum Gasteiger partial charge on any atom is 0.168 e. The first kappa shape index (κ1) is 10.3. The van der Waals surface area contributed by atoms with Gasteiger partial charge in [-0.2, -0.15) is 0 Å². The summed E-state index contributed by atoms with van der Waals surface area (Å²) in [5.74, 6) is 0. The highest BCUT2D eigenvalue weighted by Crippen LogP contribution is 2.22. The van der Waals surface area contributed by atoms with E-state index in [1.165, 1.54) is 0 Å². The zero-order valence-corrected chi connectivity index (χ0v) is 9.24. The number of benzene rings is 1. The van der Waals surface area contributed by atoms with Gasteiger partial charge < -0.3 is 0 Å². The lowest BCUT2D eigenvalue weighted by molar-refractivity contribution is 0.613. The molecule has 0 N–H and O–H groups in total. The third-order valence-electron chi connectivity index (χ3n) is 2.50. The van der Waals surface area contributed by atoms with E-state index in [0.717, 1.165) is 22.3 Å². The summed E-state index contributed by atoms with van der Waals surface area (Å²) in [5, 5.41) is 0. The summed E-state index contributed by atoms with van der Waals surface area (Å²) in [6.07, 6.45) is 0. The summed E-state index contributed by atoms with van der Waals surface area (Å²) in [6, 6.07) is 1.92. The fourth-order valence-electron chi connectivity index (χ4n) is 1.55. The lowest BCUT2D eigenvalue weighted by Crippen LogP contribution is -1.96. The highest BCUT2D eigenvalue weighted by molar-refractivity contribution is 7.72. The molecule has 0 spiro atoms. The van der Waals surface area contributed by atoms with Crippen LogP contribution in [0.4, 0.5) is 0 Å². The Bertz CT molecular complexity index is 409. The zero-order valence-electron chi connectivity index (χ0n) is 8.34. The molecule has 0 heterocycles. The Morgan fingerprint density at radius 3 is 1.92 bits per heavy atom. The molecule has 0 unspecified atom stereocenters. The molecule has 0 amide bonds. The van der Waals surface area contributed by atoms with Crippen molar-refractivity contribution < 1.29 is 8.42 Å². The average molecular weight is 198 g/mol. The minimum atomic E-state index is -2.47. The zero-order chi connectivity index (χ0) is 10.2. The van der Waals surface area contributed by atoms with Gasteiger partial charge in [0.15, 0.2) is 10.7 Å². The summed E-state index contributed by atoms with van der Waals surface area (Å²) < 4.78 is 21.9. The van der Waals surface area contributed by atoms with Crippen LogP contribution in [0.15, 0.2) is 11.0 Å². The molecule has 0 fully saturated rings. The number of thiol groups is 1. The van der Waals surface area contributed by atoms with Crippen LogP contribution in [0.3, 0.4) is 0 Å². The normalized spacial score (nSPS) is 10.8. The fraction of sp³-hybridized carbons (Fsp3) is 0.400. The molecule has 2 nitrogen and oxygen atoms in total. The van der Waals surface area contributed by atoms with Crippen LogP contribution in [-0.2, 0) is 10.7 Å². The number of rotatable bonds is 1. The van der Waals surface area contributed by atoms with E-state index in [0.29, 0.717) is 4.90 Å². The number of hydrogen-bond donors (Lipinski definition) is 1. The SMILES string of the molecule is Cc1cc(C)c([SH](=O)=O)c(C)c1C. The molecule has 0 aliphatic carbocycles. The molecule has 3 heteroatoms. The first-order chi connectivity index (χ1) is 5.95. The van der Waals surface area contributed by atoms with Gasteiger partial charge in [0, 0.05) is 0 Å². The average Bonchev–Trinajstić information content (AvgIpc) is 1.99. The van der Waals surface area contributed by atoms with Crippen molar-refractivity contribution in [3.8, 4) is 0 Å². The first-order valence-corrected chi connectivity index (χ1v) is 5.34. The number of aryl methyl sites for hydroxylation is 2. The van der Waals surface area contributed by atoms with Crippen molar-refractivity contribution in [2.24, 2.45) is 0 Å². The maximum atomic E-state index is 10.9. The molecule has 0 atom stereocenters. The summed E-state index contributed by atoms with van der Waals surface area (Å²) in [4.78, 5) is 0.484. The molecule has 0 bridgehead atoms. The van der Waals surface area contributed by atoms with Crippen molar-refractivity contribution in [3.63, 3.8) is 0 Å². The van der Waals surface area contributed by atoms with Crippen LogP contribution in [0.1, 0.15) is 22.3 Å². The van der Waals surface area contributed by atoms with E-state index in [2.05, 4.69) is 0 Å². The highest BCUT2D eigenvalue weighted by atomic mass is 32.2. The van der Waals surface area contributed by atoms with Crippen LogP contribution in [0.5, 0.6) is 0 Å². The van der Waals surface area contributed by atoms with Crippen LogP contribution in [0.25, 0.3) is 0 Å². The van der Waals surface area contributed by atoms with Gasteiger partial charge in [-0.15, -0.1) is 0 Å². The van der Waals surface area contributed by atoms with E-state index >= 15 is 0 Å². The first-order valence-electron chi connectivity index (χ1n) is 4.17. The van der Waals surface area contributed by atoms with E-state index < -0.39 is 10.7 Å². The number of hydrogen-bond acceptors (Lipinski definition) is 2. The van der Waals surface area contributed by atoms with E-state index in [-0.39, 0.29) is 0 Å². The Hall–Kier alpha value is -0.830. The quantitative estimate of drug-likeness (QED) is 0.699. The molecule has 1 aromatic rings. The van der Waals surface area contributed by atoms with Gasteiger partial charge in [-0.25, -0.2) is 8.42 Å². The Kier molecular flexibility index (Phi) is 2.76. The highest BCUT2D eigenvalue weighted by Gasteiger charge is 2.09. The molecule has 0 radical (unpaired) electrons. The van der Waals surface area contributed by atoms with Gasteiger partial charge in [-0.05, 0) is 49.9 Å². The van der Waals surface area contributed by atoms with Crippen LogP contribution >= 0.6 is 0 Å². The minimum absolute atomic E-state index is 0.484. The Balaban J connectivity index is 3.62. The predicted molar refractivity (Wildman–Crippen MR) is 54.0 cm³/mol. The topological polar surface area (TPSA) is 34.1 Å². The van der Waals surface area contributed by atoms with E-state index in [1.807, 2.05) is 33.8 Å². The molecule has 0 aliphatic heterocycles. The lowest BCUT2D eigenvalue weighted by Gasteiger charge is -2.09. The van der Waals surface area contributed by atoms with Crippen molar-refractivity contribution in [2.45, 2.75) is 32.6 Å². The summed E-state index contributed by atoms with van der Waals surface area (Å²) in [5.41, 5.74) is 3.95. The van der Waals surface area contributed by atoms with Gasteiger partial charge in [0.25, 0.3) is 0 Å². The summed E-state index contributed by atoms with van der Waals surface area (Å²) in [7, 11) is -2.47. The van der Waals surface area contributed by atoms with E-state index in [1.54, 1.807) is 0 Å². The van der Waals surface area contributed by atoms with Crippen molar-refractivity contribution in [1.29, 1.82) is 0 Å². The van der Waals surface area contributed by atoms with Gasteiger partial charge >= 0.3 is 0 Å². The molecule has 72 valence electrons. The Morgan fingerprint density at radius 2 is 1.46 bits per heavy atom. The third kappa shape index (κ3) is 1.75. The molecule has 0 aromatic heterocycles. The molecule has 13 heavy (non-hydrogen) atoms. The smallest absolute Gasteiger partial charge is 0.168 e. The molecule has 0 saturated heterocycles. The van der Waals surface area contributed by atoms with Crippen molar-refractivity contribution in [3.05, 3.63) is 28.3 Å². The van der Waals surface area contributed by atoms with Gasteiger partial charge in [0.2, 0.25) is 0 Å². The standard InChI is InChI=1S/C10H14O2S/c1-6-5-7(2)10(13(11)12)9(4)8(6)3/h5,13H,1-4H3. The van der Waals surface area contributed by atoms with Crippen LogP contribution in [0.2, 0.25) is 0 Å². The van der Waals surface area contributed by atoms with Crippen LogP contribution < -0.4 is 0 Å². The van der Waals surface area contributed by atoms with Gasteiger partial charge in [0.1, 0.15) is 0 Å². The second-order valence-electron chi connectivity index (χ2n) is 3.37. The van der Waals surface area contributed by atoms with Gasteiger partial charge in [0.05, 0.1) is 4.90 Å². The molecular weight excluding hydrogens is 184 g/mol. The Morgan fingerprint density at radius 1 is 0.923 bits per heavy atom. The van der Waals surface area contributed by atoms with Crippen LogP contribution in [-0.4, -0.2) is 8.42 Å². The second kappa shape index (κ2) is 3.50. The molecule has 1 rings (SSSR count). The van der Waals surface area contributed by atoms with Crippen molar-refractivity contribution in [1.82, 2.24) is 0 Å². The molecular formula is C10H14O2S. The molecule has 0 aliphatic rings. The van der Waals surface area contributed by atoms with Crippen LogP contribution in [0, 0.1) is 27.7 Å². The second-order valence-corrected chi connectivity index (χ2v) is 4.33. The Labute approximate surface area is 80.5 Å². The third-order valence-corrected chi connectivity index (χ3v) is 3.55. The summed E-state index contributed by atoms with van der Waals surface area (Å²) in [6.45, 7) is 7.64.